The molecular weight excluding hydrogens is 694 g/mol. The fourth-order valence-corrected chi connectivity index (χ4v) is 16.3. The van der Waals surface area contributed by atoms with Gasteiger partial charge >= 0.3 is 0 Å². The summed E-state index contributed by atoms with van der Waals surface area (Å²) in [6, 6.07) is 5.58. The molecular formula is C56H94B2. The Morgan fingerprint density at radius 3 is 0.534 bits per heavy atom. The molecule has 0 nitrogen and oxygen atoms in total. The summed E-state index contributed by atoms with van der Waals surface area (Å²) in [6.45, 7) is 39.2. The van der Waals surface area contributed by atoms with Gasteiger partial charge in [-0.15, -0.1) is 0 Å². The average Bonchev–Trinajstić information content (AvgIpc) is 3.95. The van der Waals surface area contributed by atoms with Crippen molar-refractivity contribution in [3.8, 4) is 0 Å². The maximum absolute atomic E-state index is 2.79. The molecule has 0 saturated heterocycles. The largest absolute Gasteiger partial charge is 0.140 e. The van der Waals surface area contributed by atoms with Gasteiger partial charge in [0.05, 0.1) is 0 Å². The minimum Gasteiger partial charge on any atom is -0.0810 e. The third-order valence-corrected chi connectivity index (χ3v) is 21.1. The molecule has 0 aliphatic heterocycles. The van der Waals surface area contributed by atoms with Crippen LogP contribution in [0.3, 0.4) is 0 Å². The Bertz CT molecular complexity index is 1490. The van der Waals surface area contributed by atoms with Gasteiger partial charge in [0.25, 0.3) is 0 Å². The molecule has 4 aliphatic rings. The topological polar surface area (TPSA) is 0 Å². The highest BCUT2D eigenvalue weighted by molar-refractivity contribution is 6.36. The van der Waals surface area contributed by atoms with E-state index in [0.29, 0.717) is 43.3 Å². The van der Waals surface area contributed by atoms with Crippen molar-refractivity contribution in [2.24, 2.45) is 0 Å². The maximum atomic E-state index is 2.79. The van der Waals surface area contributed by atoms with E-state index in [-0.39, 0.29) is 0 Å². The van der Waals surface area contributed by atoms with Crippen LogP contribution in [0.25, 0.3) is 0 Å². The van der Waals surface area contributed by atoms with E-state index in [2.05, 4.69) is 139 Å². The molecule has 2 aromatic carbocycles. The highest BCUT2D eigenvalue weighted by atomic mass is 14.6. The zero-order chi connectivity index (χ0) is 43.3. The van der Waals surface area contributed by atoms with Crippen LogP contribution in [0.5, 0.6) is 0 Å². The van der Waals surface area contributed by atoms with Crippen molar-refractivity contribution in [2.75, 3.05) is 0 Å². The third kappa shape index (κ3) is 6.23. The van der Waals surface area contributed by atoms with Gasteiger partial charge < -0.3 is 0 Å². The van der Waals surface area contributed by atoms with Gasteiger partial charge in [0.15, 0.2) is 0 Å². The smallest absolute Gasteiger partial charge is 0.0810 e. The summed E-state index contributed by atoms with van der Waals surface area (Å²) in [6.07, 6.45) is 26.1. The van der Waals surface area contributed by atoms with E-state index in [0.717, 1.165) is 0 Å². The highest BCUT2D eigenvalue weighted by Gasteiger charge is 2.57. The Morgan fingerprint density at radius 2 is 0.414 bits per heavy atom. The first-order valence-electron chi connectivity index (χ1n) is 26.0. The summed E-state index contributed by atoms with van der Waals surface area (Å²) >= 11 is 0. The SMILES string of the molecule is Bc1c2c(cc3c1C(CC)(CC)CC3(CC)CC)C(CC)(CC)CC2(CC)CC.Bc1c2c(cc3c1C(CC)(CC)CC3(CC)CC)C(CC)(CC)CC2(CC)CC. The molecule has 0 heterocycles. The van der Waals surface area contributed by atoms with Crippen molar-refractivity contribution < 1.29 is 0 Å². The van der Waals surface area contributed by atoms with E-state index in [1.165, 1.54) is 128 Å². The van der Waals surface area contributed by atoms with Crippen LogP contribution in [0.2, 0.25) is 0 Å². The van der Waals surface area contributed by atoms with Crippen LogP contribution in [-0.4, -0.2) is 15.7 Å². The zero-order valence-electron chi connectivity index (χ0n) is 42.3. The van der Waals surface area contributed by atoms with E-state index >= 15 is 0 Å². The van der Waals surface area contributed by atoms with Gasteiger partial charge in [-0.3, -0.25) is 0 Å². The number of benzene rings is 2. The second-order valence-electron chi connectivity index (χ2n) is 21.3. The van der Waals surface area contributed by atoms with E-state index in [9.17, 15) is 0 Å². The van der Waals surface area contributed by atoms with Gasteiger partial charge in [0.2, 0.25) is 0 Å². The third-order valence-electron chi connectivity index (χ3n) is 21.1. The van der Waals surface area contributed by atoms with Crippen LogP contribution < -0.4 is 10.9 Å². The second kappa shape index (κ2) is 17.0. The lowest BCUT2D eigenvalue weighted by atomic mass is 9.65. The Morgan fingerprint density at radius 1 is 0.276 bits per heavy atom. The molecule has 0 fully saturated rings. The van der Waals surface area contributed by atoms with Crippen LogP contribution in [0, 0.1) is 0 Å². The Labute approximate surface area is 364 Å². The molecule has 0 unspecified atom stereocenters. The number of hydrogen-bond acceptors (Lipinski definition) is 0. The second-order valence-corrected chi connectivity index (χ2v) is 21.3. The molecule has 0 spiro atoms. The molecule has 4 aliphatic carbocycles. The molecule has 6 rings (SSSR count). The summed E-state index contributed by atoms with van der Waals surface area (Å²) in [7, 11) is 5.06. The lowest BCUT2D eigenvalue weighted by Crippen LogP contribution is -2.35. The van der Waals surface area contributed by atoms with Crippen LogP contribution >= 0.6 is 0 Å². The first-order valence-corrected chi connectivity index (χ1v) is 26.0. The van der Waals surface area contributed by atoms with Crippen molar-refractivity contribution in [3.05, 3.63) is 56.6 Å². The first kappa shape index (κ1) is 47.6. The van der Waals surface area contributed by atoms with E-state index in [4.69, 9.17) is 0 Å². The predicted molar refractivity (Wildman–Crippen MR) is 266 cm³/mol. The first-order chi connectivity index (χ1) is 27.6. The summed E-state index contributed by atoms with van der Waals surface area (Å²) in [4.78, 5) is 0. The van der Waals surface area contributed by atoms with Gasteiger partial charge in [-0.05, 0) is 216 Å². The quantitative estimate of drug-likeness (QED) is 0.149. The molecule has 0 amide bonds. The Balaban J connectivity index is 0.000000221. The van der Waals surface area contributed by atoms with E-state index in [1.54, 1.807) is 55.4 Å². The number of fused-ring (bicyclic) bond motifs is 4. The molecule has 2 heteroatoms. The average molecular weight is 789 g/mol. The summed E-state index contributed by atoms with van der Waals surface area (Å²) < 4.78 is 0. The zero-order valence-corrected chi connectivity index (χ0v) is 42.3. The van der Waals surface area contributed by atoms with Crippen LogP contribution in [-0.2, 0) is 43.3 Å². The standard InChI is InChI=1S/2C28H47B/c2*1-9-25(10-2)18-27(13-5,14-6)22-20(25)17-21-23(24(22)29)28(15-7,16-8)19-26(21,11-3)12-4/h2*17H,9-16,18-19,29H2,1-8H3. The summed E-state index contributed by atoms with van der Waals surface area (Å²) in [5.41, 5.74) is 20.7. The van der Waals surface area contributed by atoms with Gasteiger partial charge in [-0.2, -0.15) is 0 Å². The lowest BCUT2D eigenvalue weighted by molar-refractivity contribution is 0.279. The van der Waals surface area contributed by atoms with Gasteiger partial charge in [-0.25, -0.2) is 0 Å². The summed E-state index contributed by atoms with van der Waals surface area (Å²) in [5, 5.41) is 0. The van der Waals surface area contributed by atoms with Crippen molar-refractivity contribution in [2.45, 2.75) is 283 Å². The monoisotopic (exact) mass is 789 g/mol. The minimum atomic E-state index is 0.386. The Hall–Kier alpha value is -1.43. The minimum absolute atomic E-state index is 0.386. The van der Waals surface area contributed by atoms with Gasteiger partial charge in [0, 0.05) is 0 Å². The fourth-order valence-electron chi connectivity index (χ4n) is 16.3. The van der Waals surface area contributed by atoms with Gasteiger partial charge in [-0.1, -0.05) is 134 Å². The lowest BCUT2D eigenvalue weighted by Gasteiger charge is -2.35. The number of rotatable bonds is 16. The predicted octanol–water partition coefficient (Wildman–Crippen LogP) is 14.0. The van der Waals surface area contributed by atoms with Crippen LogP contribution in [0.15, 0.2) is 12.1 Å². The van der Waals surface area contributed by atoms with Crippen molar-refractivity contribution in [3.63, 3.8) is 0 Å². The summed E-state index contributed by atoms with van der Waals surface area (Å²) in [5.74, 6) is 0. The molecule has 0 bridgehead atoms. The van der Waals surface area contributed by atoms with Crippen LogP contribution in [0.4, 0.5) is 0 Å². The van der Waals surface area contributed by atoms with Gasteiger partial charge in [0.1, 0.15) is 15.7 Å². The molecule has 2 aromatic rings. The maximum Gasteiger partial charge on any atom is 0.140 e. The van der Waals surface area contributed by atoms with E-state index in [1.807, 2.05) is 0 Å². The molecule has 324 valence electrons. The molecule has 58 heavy (non-hydrogen) atoms. The van der Waals surface area contributed by atoms with Crippen molar-refractivity contribution >= 4 is 26.6 Å². The van der Waals surface area contributed by atoms with E-state index < -0.39 is 0 Å². The Kier molecular flexibility index (Phi) is 14.0. The molecule has 0 saturated carbocycles. The molecule has 0 atom stereocenters. The van der Waals surface area contributed by atoms with Crippen molar-refractivity contribution in [1.82, 2.24) is 0 Å². The van der Waals surface area contributed by atoms with Crippen LogP contribution in [0.1, 0.15) is 284 Å². The molecule has 0 aromatic heterocycles. The highest BCUT2D eigenvalue weighted by Crippen LogP contribution is 2.63. The molecule has 0 radical (unpaired) electrons. The normalized spacial score (nSPS) is 22.5. The van der Waals surface area contributed by atoms with Crippen molar-refractivity contribution in [1.29, 1.82) is 0 Å². The number of hydrogen-bond donors (Lipinski definition) is 0. The molecule has 0 N–H and O–H groups in total. The fraction of sp³-hybridized carbons (Fsp3) is 0.786.